The van der Waals surface area contributed by atoms with E-state index >= 15 is 0 Å². The number of anilines is 1. The summed E-state index contributed by atoms with van der Waals surface area (Å²) in [4.78, 5) is 39.6. The van der Waals surface area contributed by atoms with Crippen LogP contribution in [0.5, 0.6) is 0 Å². The fraction of sp³-hybridized carbons (Fsp3) is 0.211. The van der Waals surface area contributed by atoms with Gasteiger partial charge in [0.15, 0.2) is 0 Å². The molecule has 138 valence electrons. The fourth-order valence-corrected chi connectivity index (χ4v) is 3.90. The Labute approximate surface area is 162 Å². The van der Waals surface area contributed by atoms with Crippen LogP contribution in [0.2, 0.25) is 0 Å². The van der Waals surface area contributed by atoms with Crippen LogP contribution < -0.4 is 10.6 Å². The second-order valence-electron chi connectivity index (χ2n) is 6.50. The third-order valence-electron chi connectivity index (χ3n) is 4.80. The smallest absolute Gasteiger partial charge is 0.256 e. The maximum absolute atomic E-state index is 13.4. The van der Waals surface area contributed by atoms with Gasteiger partial charge in [-0.1, -0.05) is 22.0 Å². The summed E-state index contributed by atoms with van der Waals surface area (Å²) in [5.41, 5.74) is 1.01. The largest absolute Gasteiger partial charge is 0.347 e. The van der Waals surface area contributed by atoms with Crippen LogP contribution in [0.3, 0.4) is 0 Å². The van der Waals surface area contributed by atoms with Gasteiger partial charge in [-0.25, -0.2) is 4.39 Å². The topological polar surface area (TPSA) is 78.5 Å². The molecule has 4 rings (SSSR count). The molecule has 27 heavy (non-hydrogen) atoms. The highest BCUT2D eigenvalue weighted by Crippen LogP contribution is 2.31. The average Bonchev–Trinajstić information content (AvgIpc) is 3.02. The van der Waals surface area contributed by atoms with Gasteiger partial charge in [-0.05, 0) is 42.8 Å². The zero-order chi connectivity index (χ0) is 19.1. The van der Waals surface area contributed by atoms with E-state index in [1.807, 2.05) is 0 Å². The van der Waals surface area contributed by atoms with Gasteiger partial charge in [0.25, 0.3) is 11.8 Å². The van der Waals surface area contributed by atoms with Gasteiger partial charge in [0, 0.05) is 16.6 Å². The van der Waals surface area contributed by atoms with E-state index in [4.69, 9.17) is 0 Å². The van der Waals surface area contributed by atoms with Gasteiger partial charge < -0.3 is 15.5 Å². The number of fused-ring (bicyclic) bond motifs is 2. The minimum Gasteiger partial charge on any atom is -0.347 e. The number of rotatable bonds is 2. The van der Waals surface area contributed by atoms with Crippen LogP contribution in [0.4, 0.5) is 10.1 Å². The average molecular weight is 432 g/mol. The van der Waals surface area contributed by atoms with Crippen molar-refractivity contribution >= 4 is 39.3 Å². The van der Waals surface area contributed by atoms with Gasteiger partial charge >= 0.3 is 0 Å². The Morgan fingerprint density at radius 1 is 1.22 bits per heavy atom. The van der Waals surface area contributed by atoms with Gasteiger partial charge in [-0.3, -0.25) is 14.4 Å². The van der Waals surface area contributed by atoms with E-state index in [-0.39, 0.29) is 17.4 Å². The lowest BCUT2D eigenvalue weighted by molar-refractivity contribution is -0.120. The Morgan fingerprint density at radius 3 is 2.81 bits per heavy atom. The summed E-state index contributed by atoms with van der Waals surface area (Å²) < 4.78 is 14.1. The molecular formula is C19H15BrFN3O3. The van der Waals surface area contributed by atoms with Crippen LogP contribution in [0.1, 0.15) is 27.1 Å². The van der Waals surface area contributed by atoms with Crippen LogP contribution in [0.25, 0.3) is 0 Å². The van der Waals surface area contributed by atoms with E-state index in [1.54, 1.807) is 18.2 Å². The minimum absolute atomic E-state index is 0.168. The third kappa shape index (κ3) is 3.21. The quantitative estimate of drug-likeness (QED) is 0.766. The Balaban J connectivity index is 1.60. The number of carbonyl (C=O) groups is 3. The molecule has 6 nitrogen and oxygen atoms in total. The maximum atomic E-state index is 13.4. The number of hydrogen-bond donors (Lipinski definition) is 2. The first kappa shape index (κ1) is 17.7. The zero-order valence-corrected chi connectivity index (χ0v) is 15.6. The van der Waals surface area contributed by atoms with Crippen molar-refractivity contribution in [2.75, 3.05) is 11.9 Å². The molecule has 0 bridgehead atoms. The predicted molar refractivity (Wildman–Crippen MR) is 99.9 cm³/mol. The Kier molecular flexibility index (Phi) is 4.43. The zero-order valence-electron chi connectivity index (χ0n) is 14.0. The summed E-state index contributed by atoms with van der Waals surface area (Å²) in [6.45, 7) is 0.344. The fourth-order valence-electron chi connectivity index (χ4n) is 3.54. The van der Waals surface area contributed by atoms with E-state index < -0.39 is 23.8 Å². The number of nitrogens with one attached hydrogen (secondary N) is 2. The molecule has 8 heteroatoms. The molecule has 2 aliphatic heterocycles. The summed E-state index contributed by atoms with van der Waals surface area (Å²) >= 11 is 3.34. The van der Waals surface area contributed by atoms with Gasteiger partial charge in [0.1, 0.15) is 11.9 Å². The molecule has 2 aliphatic rings. The van der Waals surface area contributed by atoms with E-state index in [0.717, 1.165) is 10.5 Å². The van der Waals surface area contributed by atoms with Gasteiger partial charge in [0.05, 0.1) is 17.3 Å². The molecule has 2 heterocycles. The lowest BCUT2D eigenvalue weighted by atomic mass is 10.1. The van der Waals surface area contributed by atoms with Crippen LogP contribution in [0.15, 0.2) is 46.9 Å². The normalized spacial score (nSPS) is 21.2. The van der Waals surface area contributed by atoms with E-state index in [2.05, 4.69) is 26.6 Å². The number of halogens is 2. The van der Waals surface area contributed by atoms with Crippen LogP contribution in [0, 0.1) is 5.82 Å². The number of amides is 3. The van der Waals surface area contributed by atoms with Crippen molar-refractivity contribution in [2.24, 2.45) is 0 Å². The van der Waals surface area contributed by atoms with Crippen molar-refractivity contribution in [3.63, 3.8) is 0 Å². The highest BCUT2D eigenvalue weighted by atomic mass is 79.9. The third-order valence-corrected chi connectivity index (χ3v) is 5.29. The van der Waals surface area contributed by atoms with Crippen molar-refractivity contribution in [1.29, 1.82) is 0 Å². The van der Waals surface area contributed by atoms with E-state index in [1.165, 1.54) is 23.1 Å². The molecule has 0 radical (unpaired) electrons. The van der Waals surface area contributed by atoms with Crippen LogP contribution in [-0.4, -0.2) is 41.2 Å². The molecule has 1 saturated heterocycles. The Hall–Kier alpha value is -2.74. The monoisotopic (exact) mass is 431 g/mol. The van der Waals surface area contributed by atoms with E-state index in [0.29, 0.717) is 24.2 Å². The van der Waals surface area contributed by atoms with Crippen molar-refractivity contribution < 1.29 is 18.8 Å². The number of nitrogens with zero attached hydrogens (tertiary/aromatic N) is 1. The maximum Gasteiger partial charge on any atom is 0.256 e. The number of carbonyl (C=O) groups excluding carboxylic acids is 3. The number of benzene rings is 2. The van der Waals surface area contributed by atoms with Gasteiger partial charge in [-0.15, -0.1) is 0 Å². The molecule has 3 amide bonds. The lowest BCUT2D eigenvalue weighted by Gasteiger charge is -2.25. The summed E-state index contributed by atoms with van der Waals surface area (Å²) in [5, 5.41) is 5.54. The van der Waals surface area contributed by atoms with Crippen molar-refractivity contribution in [3.8, 4) is 0 Å². The minimum atomic E-state index is -0.818. The molecule has 0 unspecified atom stereocenters. The van der Waals surface area contributed by atoms with Gasteiger partial charge in [0.2, 0.25) is 5.91 Å². The summed E-state index contributed by atoms with van der Waals surface area (Å²) in [6.07, 6.45) is 0.439. The molecule has 2 aromatic carbocycles. The van der Waals surface area contributed by atoms with Crippen LogP contribution in [-0.2, 0) is 4.79 Å². The van der Waals surface area contributed by atoms with Gasteiger partial charge in [-0.2, -0.15) is 0 Å². The summed E-state index contributed by atoms with van der Waals surface area (Å²) in [6, 6.07) is 9.03. The first-order chi connectivity index (χ1) is 12.9. The van der Waals surface area contributed by atoms with Crippen LogP contribution >= 0.6 is 15.9 Å². The first-order valence-corrected chi connectivity index (χ1v) is 9.21. The molecule has 0 saturated carbocycles. The second kappa shape index (κ2) is 6.77. The number of hydrogen-bond acceptors (Lipinski definition) is 3. The first-order valence-electron chi connectivity index (χ1n) is 8.42. The highest BCUT2D eigenvalue weighted by molar-refractivity contribution is 9.10. The lowest BCUT2D eigenvalue weighted by Crippen LogP contribution is -2.51. The Bertz CT molecular complexity index is 965. The summed E-state index contributed by atoms with van der Waals surface area (Å²) in [5.74, 6) is -1.62. The molecule has 0 aromatic heterocycles. The molecular weight excluding hydrogens is 417 g/mol. The second-order valence-corrected chi connectivity index (χ2v) is 7.42. The molecule has 2 atom stereocenters. The molecule has 0 aliphatic carbocycles. The van der Waals surface area contributed by atoms with Crippen molar-refractivity contribution in [3.05, 3.63) is 63.9 Å². The van der Waals surface area contributed by atoms with E-state index in [9.17, 15) is 18.8 Å². The molecule has 0 spiro atoms. The highest BCUT2D eigenvalue weighted by Gasteiger charge is 2.45. The standard InChI is InChI=1S/C19H15BrFN3O3/c20-11-4-5-14-13(9-11)19(27)24-7-6-15(16(24)18(26)22-14)23-17(25)10-2-1-3-12(21)8-10/h1-5,8-9,15-16H,6-7H2,(H,22,26)(H,23,25)/t15-,16-/m0/s1. The summed E-state index contributed by atoms with van der Waals surface area (Å²) in [7, 11) is 0. The molecule has 1 fully saturated rings. The molecule has 2 N–H and O–H groups in total. The SMILES string of the molecule is O=C(N[C@H]1CCN2C(=O)c3cc(Br)ccc3NC(=O)[C@H]12)c1cccc(F)c1. The Morgan fingerprint density at radius 2 is 2.04 bits per heavy atom. The molecule has 2 aromatic rings. The van der Waals surface area contributed by atoms with Crippen molar-refractivity contribution in [1.82, 2.24) is 10.2 Å². The predicted octanol–water partition coefficient (Wildman–Crippen LogP) is 2.55. The van der Waals surface area contributed by atoms with Crippen molar-refractivity contribution in [2.45, 2.75) is 18.5 Å².